The zero-order chi connectivity index (χ0) is 13.1. The Labute approximate surface area is 102 Å². The predicted molar refractivity (Wildman–Crippen MR) is 62.7 cm³/mol. The second-order valence-corrected chi connectivity index (χ2v) is 3.78. The summed E-state index contributed by atoms with van der Waals surface area (Å²) < 4.78 is 36.9. The van der Waals surface area contributed by atoms with Gasteiger partial charge in [0.15, 0.2) is 0 Å². The first-order chi connectivity index (χ1) is 7.84. The third kappa shape index (κ3) is 3.78. The van der Waals surface area contributed by atoms with E-state index in [9.17, 15) is 13.2 Å². The van der Waals surface area contributed by atoms with Gasteiger partial charge < -0.3 is 10.7 Å². The van der Waals surface area contributed by atoms with Crippen LogP contribution < -0.4 is 5.32 Å². The van der Waals surface area contributed by atoms with Gasteiger partial charge in [-0.15, -0.1) is 0 Å². The first-order valence-electron chi connectivity index (χ1n) is 4.65. The van der Waals surface area contributed by atoms with Crippen molar-refractivity contribution >= 4 is 23.5 Å². The standard InChI is InChI=1S/C11H10ClF3N2/c1-7-4-9(12)2-3-10(7)17-6-8(5-16)11(13,14)15/h2-6,16-17H,1H3/b8-6+,16-5?. The van der Waals surface area contributed by atoms with Gasteiger partial charge in [-0.1, -0.05) is 11.6 Å². The molecule has 1 rings (SSSR count). The van der Waals surface area contributed by atoms with Crippen molar-refractivity contribution in [2.75, 3.05) is 5.32 Å². The smallest absolute Gasteiger partial charge is 0.361 e. The Kier molecular flexibility index (Phi) is 4.17. The molecule has 92 valence electrons. The third-order valence-corrected chi connectivity index (χ3v) is 2.29. The van der Waals surface area contributed by atoms with Crippen LogP contribution in [-0.2, 0) is 0 Å². The Balaban J connectivity index is 2.92. The summed E-state index contributed by atoms with van der Waals surface area (Å²) in [4.78, 5) is 0. The summed E-state index contributed by atoms with van der Waals surface area (Å²) in [5, 5.41) is 9.71. The van der Waals surface area contributed by atoms with Crippen LogP contribution >= 0.6 is 11.6 Å². The predicted octanol–water partition coefficient (Wildman–Crippen LogP) is 4.16. The Morgan fingerprint density at radius 1 is 1.41 bits per heavy atom. The second-order valence-electron chi connectivity index (χ2n) is 3.35. The van der Waals surface area contributed by atoms with E-state index in [0.717, 1.165) is 11.8 Å². The molecule has 0 amide bonds. The third-order valence-electron chi connectivity index (χ3n) is 2.05. The van der Waals surface area contributed by atoms with Gasteiger partial charge in [-0.25, -0.2) is 0 Å². The van der Waals surface area contributed by atoms with E-state index in [0.29, 0.717) is 10.7 Å². The molecule has 17 heavy (non-hydrogen) atoms. The molecule has 2 N–H and O–H groups in total. The summed E-state index contributed by atoms with van der Waals surface area (Å²) in [6, 6.07) is 4.78. The number of nitrogens with one attached hydrogen (secondary N) is 2. The fourth-order valence-electron chi connectivity index (χ4n) is 1.15. The van der Waals surface area contributed by atoms with Crippen molar-refractivity contribution in [2.45, 2.75) is 13.1 Å². The lowest BCUT2D eigenvalue weighted by molar-refractivity contribution is -0.0857. The topological polar surface area (TPSA) is 35.9 Å². The minimum atomic E-state index is -4.53. The minimum absolute atomic E-state index is 0.262. The molecule has 0 bridgehead atoms. The highest BCUT2D eigenvalue weighted by molar-refractivity contribution is 6.30. The second kappa shape index (κ2) is 5.23. The number of hydrogen-bond donors (Lipinski definition) is 2. The van der Waals surface area contributed by atoms with E-state index in [2.05, 4.69) is 5.32 Å². The molecule has 0 saturated heterocycles. The van der Waals surface area contributed by atoms with Crippen LogP contribution in [0.1, 0.15) is 5.56 Å². The number of hydrogen-bond acceptors (Lipinski definition) is 2. The summed E-state index contributed by atoms with van der Waals surface area (Å²) in [6.07, 6.45) is -3.52. The van der Waals surface area contributed by atoms with E-state index in [-0.39, 0.29) is 6.21 Å². The normalized spacial score (nSPS) is 12.4. The summed E-state index contributed by atoms with van der Waals surface area (Å²) in [7, 11) is 0. The average Bonchev–Trinajstić information content (AvgIpc) is 2.19. The van der Waals surface area contributed by atoms with Gasteiger partial charge in [0.05, 0.1) is 5.57 Å². The Morgan fingerprint density at radius 2 is 2.06 bits per heavy atom. The van der Waals surface area contributed by atoms with Gasteiger partial charge in [-0.05, 0) is 30.7 Å². The van der Waals surface area contributed by atoms with Crippen LogP contribution in [-0.4, -0.2) is 12.4 Å². The zero-order valence-electron chi connectivity index (χ0n) is 8.90. The van der Waals surface area contributed by atoms with E-state index >= 15 is 0 Å². The van der Waals surface area contributed by atoms with Gasteiger partial charge in [-0.2, -0.15) is 13.2 Å². The quantitative estimate of drug-likeness (QED) is 0.789. The molecule has 0 saturated carbocycles. The van der Waals surface area contributed by atoms with Crippen LogP contribution in [0.5, 0.6) is 0 Å². The molecule has 1 aromatic carbocycles. The van der Waals surface area contributed by atoms with Crippen LogP contribution in [0.3, 0.4) is 0 Å². The monoisotopic (exact) mass is 262 g/mol. The highest BCUT2D eigenvalue weighted by Crippen LogP contribution is 2.25. The van der Waals surface area contributed by atoms with E-state index in [1.165, 1.54) is 0 Å². The molecular weight excluding hydrogens is 253 g/mol. The molecule has 0 aliphatic carbocycles. The van der Waals surface area contributed by atoms with Crippen molar-refractivity contribution in [3.05, 3.63) is 40.6 Å². The van der Waals surface area contributed by atoms with Crippen molar-refractivity contribution in [1.29, 1.82) is 5.41 Å². The number of anilines is 1. The lowest BCUT2D eigenvalue weighted by Crippen LogP contribution is -2.14. The molecule has 0 radical (unpaired) electrons. The lowest BCUT2D eigenvalue weighted by atomic mass is 10.2. The van der Waals surface area contributed by atoms with Crippen LogP contribution in [0.25, 0.3) is 0 Å². The van der Waals surface area contributed by atoms with E-state index < -0.39 is 11.7 Å². The lowest BCUT2D eigenvalue weighted by Gasteiger charge is -2.09. The van der Waals surface area contributed by atoms with Crippen molar-refractivity contribution in [3.8, 4) is 0 Å². The van der Waals surface area contributed by atoms with Gasteiger partial charge >= 0.3 is 6.18 Å². The van der Waals surface area contributed by atoms with E-state index in [1.807, 2.05) is 0 Å². The SMILES string of the molecule is Cc1cc(Cl)ccc1N/C=C(\C=N)C(F)(F)F. The van der Waals surface area contributed by atoms with Gasteiger partial charge in [0.2, 0.25) is 0 Å². The van der Waals surface area contributed by atoms with Gasteiger partial charge in [-0.3, -0.25) is 0 Å². The fraction of sp³-hybridized carbons (Fsp3) is 0.182. The van der Waals surface area contributed by atoms with Crippen molar-refractivity contribution < 1.29 is 13.2 Å². The molecule has 0 atom stereocenters. The number of benzene rings is 1. The Morgan fingerprint density at radius 3 is 2.53 bits per heavy atom. The maximum atomic E-state index is 12.3. The maximum absolute atomic E-state index is 12.3. The van der Waals surface area contributed by atoms with Crippen LogP contribution in [0.15, 0.2) is 30.0 Å². The molecule has 0 aliphatic heterocycles. The highest BCUT2D eigenvalue weighted by atomic mass is 35.5. The van der Waals surface area contributed by atoms with Crippen molar-refractivity contribution in [3.63, 3.8) is 0 Å². The fourth-order valence-corrected chi connectivity index (χ4v) is 1.38. The molecule has 0 unspecified atom stereocenters. The molecule has 1 aromatic rings. The number of rotatable bonds is 3. The molecule has 0 spiro atoms. The largest absolute Gasteiger partial charge is 0.419 e. The zero-order valence-corrected chi connectivity index (χ0v) is 9.65. The minimum Gasteiger partial charge on any atom is -0.361 e. The van der Waals surface area contributed by atoms with Gasteiger partial charge in [0.25, 0.3) is 0 Å². The van der Waals surface area contributed by atoms with Crippen LogP contribution in [0.4, 0.5) is 18.9 Å². The van der Waals surface area contributed by atoms with Crippen LogP contribution in [0.2, 0.25) is 5.02 Å². The Hall–Kier alpha value is -1.49. The van der Waals surface area contributed by atoms with Gasteiger partial charge in [0.1, 0.15) is 0 Å². The molecule has 0 aromatic heterocycles. The van der Waals surface area contributed by atoms with Gasteiger partial charge in [0, 0.05) is 23.1 Å². The van der Waals surface area contributed by atoms with Crippen molar-refractivity contribution in [2.24, 2.45) is 0 Å². The molecule has 0 fully saturated rings. The van der Waals surface area contributed by atoms with Crippen molar-refractivity contribution in [1.82, 2.24) is 0 Å². The molecule has 0 heterocycles. The summed E-state index contributed by atoms with van der Waals surface area (Å²) in [6.45, 7) is 1.72. The average molecular weight is 263 g/mol. The van der Waals surface area contributed by atoms with E-state index in [4.69, 9.17) is 17.0 Å². The summed E-state index contributed by atoms with van der Waals surface area (Å²) in [5.74, 6) is 0. The molecular formula is C11H10ClF3N2. The first-order valence-corrected chi connectivity index (χ1v) is 5.03. The number of halogens is 4. The number of alkyl halides is 3. The summed E-state index contributed by atoms with van der Waals surface area (Å²) in [5.41, 5.74) is 0.185. The number of aryl methyl sites for hydroxylation is 1. The highest BCUT2D eigenvalue weighted by Gasteiger charge is 2.32. The van der Waals surface area contributed by atoms with E-state index in [1.54, 1.807) is 25.1 Å². The van der Waals surface area contributed by atoms with Crippen LogP contribution in [0, 0.1) is 12.3 Å². The number of allylic oxidation sites excluding steroid dienone is 1. The summed E-state index contributed by atoms with van der Waals surface area (Å²) >= 11 is 5.72. The first kappa shape index (κ1) is 13.6. The molecule has 2 nitrogen and oxygen atoms in total. The maximum Gasteiger partial charge on any atom is 0.419 e. The molecule has 0 aliphatic rings. The Bertz CT molecular complexity index is 453. The molecule has 6 heteroatoms.